The normalized spacial score (nSPS) is 22.6. The molecule has 1 aromatic carbocycles. The SMILES string of the molecule is CN(CCC(O)c1cc(F)cc(F)c1)C1CCS(=O)(=O)C1. The quantitative estimate of drug-likeness (QED) is 0.894. The number of hydrogen-bond donors (Lipinski definition) is 1. The molecule has 0 aliphatic carbocycles. The summed E-state index contributed by atoms with van der Waals surface area (Å²) in [7, 11) is -1.15. The standard InChI is InChI=1S/C14H19F2NO3S/c1-17(13-3-5-21(19,20)9-13)4-2-14(18)10-6-11(15)8-12(16)7-10/h6-8,13-14,18H,2-5,9H2,1H3. The van der Waals surface area contributed by atoms with Crippen molar-refractivity contribution in [2.24, 2.45) is 0 Å². The second-order valence-electron chi connectivity index (χ2n) is 5.54. The zero-order valence-electron chi connectivity index (χ0n) is 11.8. The molecule has 1 heterocycles. The number of sulfone groups is 1. The first-order chi connectivity index (χ1) is 9.77. The highest BCUT2D eigenvalue weighted by molar-refractivity contribution is 7.91. The highest BCUT2D eigenvalue weighted by Crippen LogP contribution is 2.21. The molecule has 118 valence electrons. The van der Waals surface area contributed by atoms with Gasteiger partial charge in [0.2, 0.25) is 0 Å². The van der Waals surface area contributed by atoms with Gasteiger partial charge >= 0.3 is 0 Å². The Balaban J connectivity index is 1.90. The Morgan fingerprint density at radius 1 is 1.33 bits per heavy atom. The molecule has 0 aromatic heterocycles. The zero-order chi connectivity index (χ0) is 15.6. The number of rotatable bonds is 5. The number of aliphatic hydroxyl groups is 1. The van der Waals surface area contributed by atoms with Gasteiger partial charge in [0.05, 0.1) is 17.6 Å². The van der Waals surface area contributed by atoms with Crippen molar-refractivity contribution >= 4 is 9.84 Å². The molecular weight excluding hydrogens is 300 g/mol. The van der Waals surface area contributed by atoms with Crippen molar-refractivity contribution in [2.45, 2.75) is 25.0 Å². The van der Waals surface area contributed by atoms with E-state index in [-0.39, 0.29) is 29.5 Å². The Hall–Kier alpha value is -1.05. The summed E-state index contributed by atoms with van der Waals surface area (Å²) < 4.78 is 49.0. The molecule has 2 unspecified atom stereocenters. The number of nitrogens with zero attached hydrogens (tertiary/aromatic N) is 1. The van der Waals surface area contributed by atoms with Crippen molar-refractivity contribution < 1.29 is 22.3 Å². The van der Waals surface area contributed by atoms with Crippen LogP contribution in [0, 0.1) is 11.6 Å². The largest absolute Gasteiger partial charge is 0.388 e. The van der Waals surface area contributed by atoms with Gasteiger partial charge in [0.15, 0.2) is 9.84 Å². The lowest BCUT2D eigenvalue weighted by Crippen LogP contribution is -2.34. The summed E-state index contributed by atoms with van der Waals surface area (Å²) in [6, 6.07) is 2.92. The van der Waals surface area contributed by atoms with Crippen LogP contribution < -0.4 is 0 Å². The van der Waals surface area contributed by atoms with Crippen LogP contribution in [0.1, 0.15) is 24.5 Å². The van der Waals surface area contributed by atoms with Gasteiger partial charge in [-0.2, -0.15) is 0 Å². The van der Waals surface area contributed by atoms with Crippen LogP contribution in [0.3, 0.4) is 0 Å². The second-order valence-corrected chi connectivity index (χ2v) is 7.77. The Bertz CT molecular complexity index is 586. The molecule has 0 spiro atoms. The molecule has 2 rings (SSSR count). The van der Waals surface area contributed by atoms with Crippen LogP contribution in [-0.4, -0.2) is 49.6 Å². The van der Waals surface area contributed by atoms with Gasteiger partial charge in [-0.3, -0.25) is 0 Å². The molecule has 1 fully saturated rings. The van der Waals surface area contributed by atoms with Crippen LogP contribution in [0.2, 0.25) is 0 Å². The highest BCUT2D eigenvalue weighted by Gasteiger charge is 2.30. The summed E-state index contributed by atoms with van der Waals surface area (Å²) in [6.07, 6.45) is -0.102. The van der Waals surface area contributed by atoms with Gasteiger partial charge in [-0.1, -0.05) is 0 Å². The predicted octanol–water partition coefficient (Wildman–Crippen LogP) is 1.51. The van der Waals surface area contributed by atoms with Gasteiger partial charge in [-0.05, 0) is 37.6 Å². The van der Waals surface area contributed by atoms with Gasteiger partial charge in [-0.25, -0.2) is 17.2 Å². The van der Waals surface area contributed by atoms with Crippen molar-refractivity contribution in [3.05, 3.63) is 35.4 Å². The molecule has 7 heteroatoms. The predicted molar refractivity (Wildman–Crippen MR) is 75.6 cm³/mol. The molecule has 0 radical (unpaired) electrons. The minimum atomic E-state index is -2.95. The summed E-state index contributed by atoms with van der Waals surface area (Å²) in [6.45, 7) is 0.458. The van der Waals surface area contributed by atoms with E-state index >= 15 is 0 Å². The van der Waals surface area contributed by atoms with Gasteiger partial charge < -0.3 is 10.0 Å². The minimum Gasteiger partial charge on any atom is -0.388 e. The lowest BCUT2D eigenvalue weighted by Gasteiger charge is -2.24. The zero-order valence-corrected chi connectivity index (χ0v) is 12.6. The minimum absolute atomic E-state index is 0.0496. The fourth-order valence-corrected chi connectivity index (χ4v) is 4.37. The molecule has 4 nitrogen and oxygen atoms in total. The van der Waals surface area contributed by atoms with Crippen molar-refractivity contribution in [1.82, 2.24) is 4.90 Å². The number of halogens is 2. The molecule has 0 amide bonds. The topological polar surface area (TPSA) is 57.6 Å². The van der Waals surface area contributed by atoms with E-state index in [2.05, 4.69) is 0 Å². The molecule has 0 saturated carbocycles. The summed E-state index contributed by atoms with van der Waals surface area (Å²) in [5.41, 5.74) is 0.194. The molecular formula is C14H19F2NO3S. The maximum atomic E-state index is 13.1. The first-order valence-electron chi connectivity index (χ1n) is 6.81. The first-order valence-corrected chi connectivity index (χ1v) is 8.64. The molecule has 1 saturated heterocycles. The molecule has 0 bridgehead atoms. The maximum absolute atomic E-state index is 13.1. The fraction of sp³-hybridized carbons (Fsp3) is 0.571. The average molecular weight is 319 g/mol. The van der Waals surface area contributed by atoms with Crippen molar-refractivity contribution in [3.63, 3.8) is 0 Å². The van der Waals surface area contributed by atoms with Crippen molar-refractivity contribution in [1.29, 1.82) is 0 Å². The van der Waals surface area contributed by atoms with E-state index in [4.69, 9.17) is 0 Å². The van der Waals surface area contributed by atoms with Crippen LogP contribution in [0.25, 0.3) is 0 Å². The van der Waals surface area contributed by atoms with Crippen LogP contribution in [0.4, 0.5) is 8.78 Å². The van der Waals surface area contributed by atoms with E-state index in [9.17, 15) is 22.3 Å². The van der Waals surface area contributed by atoms with Gasteiger partial charge in [0.25, 0.3) is 0 Å². The Labute approximate surface area is 123 Å². The fourth-order valence-electron chi connectivity index (χ4n) is 2.57. The van der Waals surface area contributed by atoms with Crippen LogP contribution in [-0.2, 0) is 9.84 Å². The van der Waals surface area contributed by atoms with E-state index in [1.54, 1.807) is 7.05 Å². The third kappa shape index (κ3) is 4.46. The van der Waals surface area contributed by atoms with Crippen LogP contribution >= 0.6 is 0 Å². The Morgan fingerprint density at radius 2 is 1.95 bits per heavy atom. The summed E-state index contributed by atoms with van der Waals surface area (Å²) in [5, 5.41) is 9.99. The molecule has 2 atom stereocenters. The van der Waals surface area contributed by atoms with E-state index in [0.717, 1.165) is 18.2 Å². The Morgan fingerprint density at radius 3 is 2.48 bits per heavy atom. The smallest absolute Gasteiger partial charge is 0.151 e. The van der Waals surface area contributed by atoms with Crippen molar-refractivity contribution in [2.75, 3.05) is 25.1 Å². The maximum Gasteiger partial charge on any atom is 0.151 e. The lowest BCUT2D eigenvalue weighted by molar-refractivity contribution is 0.139. The van der Waals surface area contributed by atoms with Crippen LogP contribution in [0.5, 0.6) is 0 Å². The van der Waals surface area contributed by atoms with E-state index in [1.807, 2.05) is 4.90 Å². The summed E-state index contributed by atoms with van der Waals surface area (Å²) in [5.74, 6) is -1.12. The third-order valence-corrected chi connectivity index (χ3v) is 5.61. The number of benzene rings is 1. The lowest BCUT2D eigenvalue weighted by atomic mass is 10.1. The molecule has 21 heavy (non-hydrogen) atoms. The molecule has 1 aliphatic heterocycles. The second kappa shape index (κ2) is 6.37. The molecule has 1 N–H and O–H groups in total. The third-order valence-electron chi connectivity index (χ3n) is 3.86. The van der Waals surface area contributed by atoms with E-state index in [0.29, 0.717) is 13.0 Å². The summed E-state index contributed by atoms with van der Waals surface area (Å²) >= 11 is 0. The van der Waals surface area contributed by atoms with E-state index in [1.165, 1.54) is 0 Å². The monoisotopic (exact) mass is 319 g/mol. The highest BCUT2D eigenvalue weighted by atomic mass is 32.2. The van der Waals surface area contributed by atoms with Gasteiger partial charge in [-0.15, -0.1) is 0 Å². The summed E-state index contributed by atoms with van der Waals surface area (Å²) in [4.78, 5) is 1.88. The average Bonchev–Trinajstić information content (AvgIpc) is 2.75. The van der Waals surface area contributed by atoms with Crippen molar-refractivity contribution in [3.8, 4) is 0 Å². The Kier molecular flexibility index (Phi) is 4.95. The van der Waals surface area contributed by atoms with Gasteiger partial charge in [0.1, 0.15) is 11.6 Å². The first kappa shape index (κ1) is 16.3. The molecule has 1 aliphatic rings. The number of aliphatic hydroxyl groups excluding tert-OH is 1. The number of hydrogen-bond acceptors (Lipinski definition) is 4. The van der Waals surface area contributed by atoms with Gasteiger partial charge in [0, 0.05) is 18.7 Å². The van der Waals surface area contributed by atoms with E-state index < -0.39 is 27.6 Å². The van der Waals surface area contributed by atoms with Crippen LogP contribution in [0.15, 0.2) is 18.2 Å². The molecule has 1 aromatic rings.